The van der Waals surface area contributed by atoms with Crippen molar-refractivity contribution in [1.29, 1.82) is 0 Å². The monoisotopic (exact) mass is 434 g/mol. The Morgan fingerprint density at radius 2 is 2.00 bits per heavy atom. The van der Waals surface area contributed by atoms with Gasteiger partial charge in [-0.1, -0.05) is 30.3 Å². The standard InChI is InChI=1S/C23H22N4O3S/c1-14-13-31-23(25-14)16-6-4-5-15(11-16)12-24-20(28)10-9-19-22(30)26-18-8-3-2-7-17(18)21(29)27-19/h2-8,11,13,19H,9-10,12H2,1H3,(H,24,28)(H,26,30)(H,27,29)/t19-/m1/s1. The third-order valence-electron chi connectivity index (χ3n) is 4.99. The number of aryl methyl sites for hydroxylation is 1. The summed E-state index contributed by atoms with van der Waals surface area (Å²) in [7, 11) is 0. The molecule has 7 nitrogen and oxygen atoms in total. The molecule has 2 aromatic carbocycles. The first-order valence-electron chi connectivity index (χ1n) is 9.98. The largest absolute Gasteiger partial charge is 0.352 e. The molecule has 1 aromatic heterocycles. The Kier molecular flexibility index (Phi) is 6.08. The maximum absolute atomic E-state index is 12.4. The van der Waals surface area contributed by atoms with Gasteiger partial charge in [0.15, 0.2) is 0 Å². The second-order valence-corrected chi connectivity index (χ2v) is 8.23. The quantitative estimate of drug-likeness (QED) is 0.554. The van der Waals surface area contributed by atoms with E-state index in [1.54, 1.807) is 35.6 Å². The number of carbonyl (C=O) groups excluding carboxylic acids is 3. The number of aromatic nitrogens is 1. The zero-order valence-corrected chi connectivity index (χ0v) is 17.8. The first kappa shape index (κ1) is 20.7. The van der Waals surface area contributed by atoms with Gasteiger partial charge in [0.05, 0.1) is 11.3 Å². The summed E-state index contributed by atoms with van der Waals surface area (Å²) < 4.78 is 0. The SMILES string of the molecule is Cc1csc(-c2cccc(CNC(=O)CC[C@H]3NC(=O)c4ccccc4NC3=O)c2)n1. The summed E-state index contributed by atoms with van der Waals surface area (Å²) in [6.45, 7) is 2.34. The molecule has 0 fully saturated rings. The fourth-order valence-electron chi connectivity index (χ4n) is 3.38. The van der Waals surface area contributed by atoms with E-state index in [0.29, 0.717) is 17.8 Å². The molecule has 3 aromatic rings. The number of anilines is 1. The number of para-hydroxylation sites is 1. The molecule has 8 heteroatoms. The molecule has 0 unspecified atom stereocenters. The minimum atomic E-state index is -0.762. The Morgan fingerprint density at radius 3 is 2.81 bits per heavy atom. The third-order valence-corrected chi connectivity index (χ3v) is 6.00. The molecule has 1 atom stereocenters. The number of amides is 3. The van der Waals surface area contributed by atoms with E-state index in [-0.39, 0.29) is 30.6 Å². The third kappa shape index (κ3) is 4.97. The number of nitrogens with one attached hydrogen (secondary N) is 3. The van der Waals surface area contributed by atoms with Crippen LogP contribution in [0.3, 0.4) is 0 Å². The molecular formula is C23H22N4O3S. The maximum Gasteiger partial charge on any atom is 0.254 e. The highest BCUT2D eigenvalue weighted by Crippen LogP contribution is 2.24. The van der Waals surface area contributed by atoms with E-state index in [9.17, 15) is 14.4 Å². The second kappa shape index (κ2) is 9.09. The molecule has 0 radical (unpaired) electrons. The Balaban J connectivity index is 1.31. The lowest BCUT2D eigenvalue weighted by atomic mass is 10.1. The van der Waals surface area contributed by atoms with Crippen molar-refractivity contribution >= 4 is 34.7 Å². The van der Waals surface area contributed by atoms with E-state index in [4.69, 9.17) is 0 Å². The number of thiazole rings is 1. The molecule has 3 N–H and O–H groups in total. The Bertz CT molecular complexity index is 1140. The molecule has 1 aliphatic heterocycles. The summed E-state index contributed by atoms with van der Waals surface area (Å²) in [5.74, 6) is -0.828. The summed E-state index contributed by atoms with van der Waals surface area (Å²) in [4.78, 5) is 41.6. The average Bonchev–Trinajstić information content (AvgIpc) is 3.17. The van der Waals surface area contributed by atoms with Gasteiger partial charge in [-0.05, 0) is 37.1 Å². The van der Waals surface area contributed by atoms with Crippen molar-refractivity contribution < 1.29 is 14.4 Å². The molecule has 0 aliphatic carbocycles. The van der Waals surface area contributed by atoms with Crippen molar-refractivity contribution in [1.82, 2.24) is 15.6 Å². The Labute approximate surface area is 183 Å². The number of nitrogens with zero attached hydrogens (tertiary/aromatic N) is 1. The molecule has 158 valence electrons. The van der Waals surface area contributed by atoms with Crippen LogP contribution in [-0.2, 0) is 16.1 Å². The Hall–Kier alpha value is -3.52. The topological polar surface area (TPSA) is 100 Å². The number of carbonyl (C=O) groups is 3. The van der Waals surface area contributed by atoms with Gasteiger partial charge in [0.1, 0.15) is 11.0 Å². The normalized spacial score (nSPS) is 15.5. The van der Waals surface area contributed by atoms with Gasteiger partial charge in [-0.15, -0.1) is 11.3 Å². The number of hydrogen-bond acceptors (Lipinski definition) is 5. The van der Waals surface area contributed by atoms with Gasteiger partial charge in [-0.2, -0.15) is 0 Å². The molecule has 0 saturated heterocycles. The lowest BCUT2D eigenvalue weighted by Gasteiger charge is -2.14. The van der Waals surface area contributed by atoms with Crippen LogP contribution in [0.2, 0.25) is 0 Å². The summed E-state index contributed by atoms with van der Waals surface area (Å²) in [5, 5.41) is 11.3. The van der Waals surface area contributed by atoms with E-state index in [2.05, 4.69) is 20.9 Å². The average molecular weight is 435 g/mol. The van der Waals surface area contributed by atoms with Crippen molar-refractivity contribution in [3.8, 4) is 10.6 Å². The number of fused-ring (bicyclic) bond motifs is 1. The van der Waals surface area contributed by atoms with Crippen LogP contribution in [0.25, 0.3) is 10.6 Å². The van der Waals surface area contributed by atoms with Crippen LogP contribution in [-0.4, -0.2) is 28.7 Å². The van der Waals surface area contributed by atoms with Crippen LogP contribution in [0.1, 0.15) is 34.5 Å². The number of hydrogen-bond donors (Lipinski definition) is 3. The van der Waals surface area contributed by atoms with Gasteiger partial charge >= 0.3 is 0 Å². The molecule has 3 amide bonds. The molecular weight excluding hydrogens is 412 g/mol. The van der Waals surface area contributed by atoms with E-state index in [1.807, 2.05) is 36.6 Å². The highest BCUT2D eigenvalue weighted by atomic mass is 32.1. The lowest BCUT2D eigenvalue weighted by molar-refractivity contribution is -0.122. The van der Waals surface area contributed by atoms with Crippen LogP contribution >= 0.6 is 11.3 Å². The van der Waals surface area contributed by atoms with Crippen LogP contribution in [0.4, 0.5) is 5.69 Å². The minimum Gasteiger partial charge on any atom is -0.352 e. The van der Waals surface area contributed by atoms with Crippen LogP contribution in [0, 0.1) is 6.92 Å². The zero-order chi connectivity index (χ0) is 21.8. The molecule has 4 rings (SSSR count). The zero-order valence-electron chi connectivity index (χ0n) is 17.0. The van der Waals surface area contributed by atoms with Crippen LogP contribution in [0.5, 0.6) is 0 Å². The minimum absolute atomic E-state index is 0.125. The molecule has 0 bridgehead atoms. The summed E-state index contributed by atoms with van der Waals surface area (Å²) in [6, 6.07) is 14.0. The number of benzene rings is 2. The predicted octanol–water partition coefficient (Wildman–Crippen LogP) is 3.27. The van der Waals surface area contributed by atoms with Crippen molar-refractivity contribution in [2.24, 2.45) is 0 Å². The fourth-order valence-corrected chi connectivity index (χ4v) is 4.17. The molecule has 1 aliphatic rings. The highest BCUT2D eigenvalue weighted by molar-refractivity contribution is 7.13. The first-order chi connectivity index (χ1) is 15.0. The fraction of sp³-hybridized carbons (Fsp3) is 0.217. The first-order valence-corrected chi connectivity index (χ1v) is 10.9. The van der Waals surface area contributed by atoms with E-state index < -0.39 is 6.04 Å². The summed E-state index contributed by atoms with van der Waals surface area (Å²) >= 11 is 1.59. The van der Waals surface area contributed by atoms with Crippen molar-refractivity contribution in [2.45, 2.75) is 32.4 Å². The van der Waals surface area contributed by atoms with Gasteiger partial charge < -0.3 is 16.0 Å². The summed E-state index contributed by atoms with van der Waals surface area (Å²) in [5.41, 5.74) is 3.86. The molecule has 31 heavy (non-hydrogen) atoms. The van der Waals surface area contributed by atoms with Crippen LogP contribution in [0.15, 0.2) is 53.9 Å². The van der Waals surface area contributed by atoms with E-state index in [0.717, 1.165) is 21.8 Å². The van der Waals surface area contributed by atoms with E-state index in [1.165, 1.54) is 0 Å². The van der Waals surface area contributed by atoms with E-state index >= 15 is 0 Å². The smallest absolute Gasteiger partial charge is 0.254 e. The predicted molar refractivity (Wildman–Crippen MR) is 120 cm³/mol. The van der Waals surface area contributed by atoms with Gasteiger partial charge in [0.2, 0.25) is 11.8 Å². The highest BCUT2D eigenvalue weighted by Gasteiger charge is 2.27. The van der Waals surface area contributed by atoms with Gasteiger partial charge in [-0.3, -0.25) is 14.4 Å². The maximum atomic E-state index is 12.4. The van der Waals surface area contributed by atoms with Crippen molar-refractivity contribution in [3.05, 3.63) is 70.7 Å². The Morgan fingerprint density at radius 1 is 1.16 bits per heavy atom. The molecule has 0 spiro atoms. The molecule has 2 heterocycles. The number of rotatable bonds is 6. The van der Waals surface area contributed by atoms with Gasteiger partial charge in [-0.25, -0.2) is 4.98 Å². The van der Waals surface area contributed by atoms with Gasteiger partial charge in [0.25, 0.3) is 5.91 Å². The van der Waals surface area contributed by atoms with Crippen LogP contribution < -0.4 is 16.0 Å². The van der Waals surface area contributed by atoms with Gasteiger partial charge in [0, 0.05) is 29.6 Å². The molecule has 0 saturated carbocycles. The summed E-state index contributed by atoms with van der Waals surface area (Å²) in [6.07, 6.45) is 0.343. The second-order valence-electron chi connectivity index (χ2n) is 7.37. The van der Waals surface area contributed by atoms with Crippen molar-refractivity contribution in [2.75, 3.05) is 5.32 Å². The van der Waals surface area contributed by atoms with Crippen molar-refractivity contribution in [3.63, 3.8) is 0 Å². The lowest BCUT2D eigenvalue weighted by Crippen LogP contribution is -2.42.